The molecule has 0 fully saturated rings. The molecule has 2 aromatic rings. The van der Waals surface area contributed by atoms with Crippen molar-refractivity contribution in [1.29, 1.82) is 0 Å². The second-order valence-corrected chi connectivity index (χ2v) is 14.9. The predicted octanol–water partition coefficient (Wildman–Crippen LogP) is 10.3. The van der Waals surface area contributed by atoms with Gasteiger partial charge in [-0.3, -0.25) is 4.79 Å². The minimum absolute atomic E-state index is 0.105. The Morgan fingerprint density at radius 1 is 0.629 bits per heavy atom. The van der Waals surface area contributed by atoms with Crippen LogP contribution in [0.4, 0.5) is 11.4 Å². The quantitative estimate of drug-likeness (QED) is 0.207. The van der Waals surface area contributed by atoms with E-state index in [1.165, 1.54) is 33.2 Å². The van der Waals surface area contributed by atoms with Crippen LogP contribution < -0.4 is 0 Å². The summed E-state index contributed by atoms with van der Waals surface area (Å²) in [5.74, 6) is 1.22. The molecule has 2 aromatic carbocycles. The molecule has 0 amide bonds. The number of nitrogens with zero attached hydrogens (tertiary/aromatic N) is 2. The Bertz CT molecular complexity index is 923. The number of ketones is 1. The van der Waals surface area contributed by atoms with E-state index >= 15 is 0 Å². The van der Waals surface area contributed by atoms with E-state index < -0.39 is 0 Å². The zero-order chi connectivity index (χ0) is 26.9. The first-order chi connectivity index (χ1) is 16.4. The number of carbonyl (C=O) groups is 1. The van der Waals surface area contributed by atoms with Crippen LogP contribution in [0.25, 0.3) is 0 Å². The second kappa shape index (κ2) is 15.2. The van der Waals surface area contributed by atoms with Crippen LogP contribution in [-0.4, -0.2) is 17.2 Å². The van der Waals surface area contributed by atoms with E-state index in [4.69, 9.17) is 9.98 Å². The molecule has 0 bridgehead atoms. The SMILES string of the molecule is CC(=Nc1c(C(C)C)cccc1C(C)C)C(=O)C(C)=Nc1c(C(C)C)cccc1C(C)C.[Br][Ni][Br]. The van der Waals surface area contributed by atoms with Gasteiger partial charge in [-0.1, -0.05) is 91.8 Å². The van der Waals surface area contributed by atoms with Gasteiger partial charge in [-0.05, 0) is 59.8 Å². The normalized spacial score (nSPS) is 12.6. The number of para-hydroxylation sites is 2. The fraction of sp³-hybridized carbons (Fsp3) is 0.483. The Morgan fingerprint density at radius 2 is 0.857 bits per heavy atom. The molecule has 6 heteroatoms. The molecule has 0 spiro atoms. The first-order valence-electron chi connectivity index (χ1n) is 12.1. The van der Waals surface area contributed by atoms with Crippen molar-refractivity contribution < 1.29 is 15.7 Å². The third-order valence-corrected chi connectivity index (χ3v) is 5.90. The summed E-state index contributed by atoms with van der Waals surface area (Å²) in [7, 11) is 1.25. The van der Waals surface area contributed by atoms with Crippen LogP contribution in [0.3, 0.4) is 0 Å². The molecule has 0 unspecified atom stereocenters. The van der Waals surface area contributed by atoms with Gasteiger partial charge >= 0.3 is 39.3 Å². The molecular weight excluding hydrogens is 611 g/mol. The van der Waals surface area contributed by atoms with Gasteiger partial charge in [-0.2, -0.15) is 0 Å². The number of hydrogen-bond donors (Lipinski definition) is 0. The number of benzene rings is 2. The molecule has 3 nitrogen and oxygen atoms in total. The van der Waals surface area contributed by atoms with Crippen molar-refractivity contribution in [2.45, 2.75) is 92.9 Å². The van der Waals surface area contributed by atoms with Gasteiger partial charge in [0.2, 0.25) is 5.78 Å². The van der Waals surface area contributed by atoms with Crippen LogP contribution in [0.1, 0.15) is 115 Å². The molecule has 0 N–H and O–H groups in total. The van der Waals surface area contributed by atoms with Crippen molar-refractivity contribution in [3.05, 3.63) is 58.7 Å². The van der Waals surface area contributed by atoms with E-state index in [9.17, 15) is 4.79 Å². The van der Waals surface area contributed by atoms with Gasteiger partial charge in [0.1, 0.15) is 0 Å². The van der Waals surface area contributed by atoms with Gasteiger partial charge in [-0.15, -0.1) is 0 Å². The summed E-state index contributed by atoms with van der Waals surface area (Å²) >= 11 is 6.00. The minimum atomic E-state index is -0.105. The molecule has 35 heavy (non-hydrogen) atoms. The Morgan fingerprint density at radius 3 is 1.06 bits per heavy atom. The van der Waals surface area contributed by atoms with Crippen LogP contribution in [0.5, 0.6) is 0 Å². The van der Waals surface area contributed by atoms with E-state index in [0.29, 0.717) is 35.1 Å². The summed E-state index contributed by atoms with van der Waals surface area (Å²) in [6.07, 6.45) is 0. The summed E-state index contributed by atoms with van der Waals surface area (Å²) in [4.78, 5) is 23.0. The van der Waals surface area contributed by atoms with Gasteiger partial charge in [0.05, 0.1) is 22.8 Å². The van der Waals surface area contributed by atoms with Crippen LogP contribution in [0, 0.1) is 0 Å². The number of hydrogen-bond acceptors (Lipinski definition) is 3. The fourth-order valence-electron chi connectivity index (χ4n) is 3.98. The van der Waals surface area contributed by atoms with Crippen molar-refractivity contribution in [3.63, 3.8) is 0 Å². The maximum atomic E-state index is 13.3. The molecule has 0 aliphatic carbocycles. The first kappa shape index (κ1) is 31.9. The Labute approximate surface area is 233 Å². The van der Waals surface area contributed by atoms with Gasteiger partial charge < -0.3 is 0 Å². The maximum absolute atomic E-state index is 13.3. The van der Waals surface area contributed by atoms with Crippen molar-refractivity contribution in [1.82, 2.24) is 0 Å². The average Bonchev–Trinajstić information content (AvgIpc) is 2.78. The second-order valence-electron chi connectivity index (χ2n) is 9.96. The number of rotatable bonds is 8. The number of Topliss-reactive ketones (excluding diaryl/α,β-unsaturated/α-hetero) is 1. The molecule has 0 saturated heterocycles. The van der Waals surface area contributed by atoms with Crippen molar-refractivity contribution in [3.8, 4) is 0 Å². The number of aliphatic imine (C=N–C) groups is 2. The molecule has 0 heterocycles. The Hall–Kier alpha value is -1.10. The predicted molar refractivity (Wildman–Crippen MR) is 158 cm³/mol. The standard InChI is InChI=1S/C29H40N2O.2BrH.Ni/c1-17(2)23-13-11-14-24(18(3)4)27(23)30-21(9)29(32)22(10)31-28-25(19(5)6)15-12-16-26(28)20(7)8;;;/h11-20H,1-10H3;2*1H;/q;;;+2/p-2. The summed E-state index contributed by atoms with van der Waals surface area (Å²) in [6, 6.07) is 12.6. The zero-order valence-corrected chi connectivity index (χ0v) is 26.8. The molecule has 0 radical (unpaired) electrons. The average molecular weight is 651 g/mol. The van der Waals surface area contributed by atoms with Gasteiger partial charge in [0.25, 0.3) is 0 Å². The van der Waals surface area contributed by atoms with Crippen molar-refractivity contribution in [2.24, 2.45) is 9.98 Å². The summed E-state index contributed by atoms with van der Waals surface area (Å²) in [5, 5.41) is 0. The molecular formula is C29H40Br2N2NiO. The van der Waals surface area contributed by atoms with Gasteiger partial charge in [0, 0.05) is 0 Å². The van der Waals surface area contributed by atoms with E-state index in [2.05, 4.69) is 120 Å². The van der Waals surface area contributed by atoms with Crippen molar-refractivity contribution in [2.75, 3.05) is 0 Å². The van der Waals surface area contributed by atoms with E-state index in [0.717, 1.165) is 11.4 Å². The third kappa shape index (κ3) is 9.06. The van der Waals surface area contributed by atoms with E-state index in [-0.39, 0.29) is 5.78 Å². The van der Waals surface area contributed by atoms with Crippen LogP contribution in [-0.2, 0) is 15.7 Å². The van der Waals surface area contributed by atoms with Gasteiger partial charge in [0.15, 0.2) is 0 Å². The Balaban J connectivity index is 0.00000194. The molecule has 196 valence electrons. The van der Waals surface area contributed by atoms with Crippen LogP contribution >= 0.6 is 28.5 Å². The van der Waals surface area contributed by atoms with Crippen LogP contribution in [0.2, 0.25) is 0 Å². The van der Waals surface area contributed by atoms with E-state index in [1.807, 2.05) is 0 Å². The summed E-state index contributed by atoms with van der Waals surface area (Å²) in [6.45, 7) is 20.9. The van der Waals surface area contributed by atoms with Crippen LogP contribution in [0.15, 0.2) is 46.4 Å². The summed E-state index contributed by atoms with van der Waals surface area (Å²) in [5.41, 5.74) is 7.51. The molecule has 2 rings (SSSR count). The van der Waals surface area contributed by atoms with Gasteiger partial charge in [-0.25, -0.2) is 9.98 Å². The molecule has 0 aromatic heterocycles. The topological polar surface area (TPSA) is 41.8 Å². The third-order valence-electron chi connectivity index (χ3n) is 5.90. The number of halogens is 2. The monoisotopic (exact) mass is 648 g/mol. The molecule has 0 atom stereocenters. The molecule has 0 saturated carbocycles. The molecule has 0 aliphatic heterocycles. The molecule has 0 aliphatic rings. The van der Waals surface area contributed by atoms with E-state index in [1.54, 1.807) is 13.8 Å². The van der Waals surface area contributed by atoms with Crippen molar-refractivity contribution >= 4 is 57.0 Å². The number of carbonyl (C=O) groups excluding carboxylic acids is 1. The Kier molecular flexibility index (Phi) is 13.9. The first-order valence-corrected chi connectivity index (χ1v) is 17.0. The summed E-state index contributed by atoms with van der Waals surface area (Å²) < 4.78 is 0. The fourth-order valence-corrected chi connectivity index (χ4v) is 3.98. The zero-order valence-electron chi connectivity index (χ0n) is 22.6.